The number of hydrogen-bond donors (Lipinski definition) is 2. The molecule has 0 aromatic carbocycles. The molecule has 17 heavy (non-hydrogen) atoms. The van der Waals surface area contributed by atoms with Crippen LogP contribution in [-0.2, 0) is 11.3 Å². The van der Waals surface area contributed by atoms with Gasteiger partial charge in [0, 0.05) is 25.9 Å². The van der Waals surface area contributed by atoms with Crippen molar-refractivity contribution in [2.45, 2.75) is 20.4 Å². The minimum Gasteiger partial charge on any atom is -0.383 e. The van der Waals surface area contributed by atoms with E-state index >= 15 is 0 Å². The van der Waals surface area contributed by atoms with Gasteiger partial charge in [0.25, 0.3) is 0 Å². The Morgan fingerprint density at radius 1 is 1.41 bits per heavy atom. The second-order valence-corrected chi connectivity index (χ2v) is 3.83. The van der Waals surface area contributed by atoms with Crippen LogP contribution in [0.1, 0.15) is 11.4 Å². The van der Waals surface area contributed by atoms with Gasteiger partial charge in [-0.3, -0.25) is 4.68 Å². The van der Waals surface area contributed by atoms with Crippen LogP contribution in [0.2, 0.25) is 0 Å². The summed E-state index contributed by atoms with van der Waals surface area (Å²) >= 11 is 0. The average Bonchev–Trinajstić information content (AvgIpc) is 2.58. The first-order valence-corrected chi connectivity index (χ1v) is 5.65. The quantitative estimate of drug-likeness (QED) is 0.709. The van der Waals surface area contributed by atoms with E-state index in [2.05, 4.69) is 15.7 Å². The zero-order valence-corrected chi connectivity index (χ0v) is 10.6. The number of aryl methyl sites for hydroxylation is 2. The highest BCUT2D eigenvalue weighted by Crippen LogP contribution is 2.00. The minimum atomic E-state index is -0.177. The molecule has 0 saturated heterocycles. The van der Waals surface area contributed by atoms with Gasteiger partial charge in [-0.2, -0.15) is 5.10 Å². The zero-order valence-electron chi connectivity index (χ0n) is 10.6. The van der Waals surface area contributed by atoms with Gasteiger partial charge in [-0.15, -0.1) is 0 Å². The molecule has 2 N–H and O–H groups in total. The lowest BCUT2D eigenvalue weighted by molar-refractivity contribution is 0.196. The van der Waals surface area contributed by atoms with Crippen molar-refractivity contribution in [3.63, 3.8) is 0 Å². The molecule has 0 saturated carbocycles. The van der Waals surface area contributed by atoms with Crippen LogP contribution < -0.4 is 10.6 Å². The van der Waals surface area contributed by atoms with Crippen LogP contribution in [0, 0.1) is 13.8 Å². The fourth-order valence-electron chi connectivity index (χ4n) is 1.51. The lowest BCUT2D eigenvalue weighted by Gasteiger charge is -2.08. The summed E-state index contributed by atoms with van der Waals surface area (Å²) in [5.74, 6) is 0. The molecule has 0 atom stereocenters. The molecule has 0 unspecified atom stereocenters. The molecule has 96 valence electrons. The minimum absolute atomic E-state index is 0.177. The Kier molecular flexibility index (Phi) is 5.48. The first-order valence-electron chi connectivity index (χ1n) is 5.65. The molecule has 0 radical (unpaired) electrons. The van der Waals surface area contributed by atoms with E-state index in [0.717, 1.165) is 11.4 Å². The first-order chi connectivity index (χ1) is 8.13. The van der Waals surface area contributed by atoms with Crippen molar-refractivity contribution in [3.8, 4) is 0 Å². The molecule has 1 heterocycles. The molecule has 1 aromatic heterocycles. The fraction of sp³-hybridized carbons (Fsp3) is 0.636. The van der Waals surface area contributed by atoms with E-state index in [9.17, 15) is 4.79 Å². The maximum atomic E-state index is 11.3. The van der Waals surface area contributed by atoms with Gasteiger partial charge in [0.05, 0.1) is 18.8 Å². The third kappa shape index (κ3) is 4.86. The molecule has 6 heteroatoms. The highest BCUT2D eigenvalue weighted by molar-refractivity contribution is 5.73. The number of methoxy groups -OCH3 is 1. The Labute approximate surface area is 101 Å². The van der Waals surface area contributed by atoms with Gasteiger partial charge >= 0.3 is 6.03 Å². The van der Waals surface area contributed by atoms with E-state index in [-0.39, 0.29) is 6.03 Å². The second kappa shape index (κ2) is 6.90. The Morgan fingerprint density at radius 2 is 2.12 bits per heavy atom. The molecule has 1 rings (SSSR count). The average molecular weight is 240 g/mol. The van der Waals surface area contributed by atoms with Crippen molar-refractivity contribution in [1.29, 1.82) is 0 Å². The summed E-state index contributed by atoms with van der Waals surface area (Å²) in [4.78, 5) is 11.3. The van der Waals surface area contributed by atoms with Crippen molar-refractivity contribution in [3.05, 3.63) is 17.5 Å². The van der Waals surface area contributed by atoms with Gasteiger partial charge in [0.15, 0.2) is 0 Å². The highest BCUT2D eigenvalue weighted by atomic mass is 16.5. The SMILES string of the molecule is COCCNC(=O)NCCn1nc(C)cc1C. The summed E-state index contributed by atoms with van der Waals surface area (Å²) in [6.45, 7) is 6.22. The molecule has 1 aromatic rings. The van der Waals surface area contributed by atoms with Crippen LogP contribution in [0.3, 0.4) is 0 Å². The van der Waals surface area contributed by atoms with Gasteiger partial charge in [-0.25, -0.2) is 4.79 Å². The van der Waals surface area contributed by atoms with Gasteiger partial charge in [0.1, 0.15) is 0 Å². The lowest BCUT2D eigenvalue weighted by Crippen LogP contribution is -2.38. The number of nitrogens with one attached hydrogen (secondary N) is 2. The summed E-state index contributed by atoms with van der Waals surface area (Å²) in [5.41, 5.74) is 2.09. The molecule has 0 aliphatic heterocycles. The molecular weight excluding hydrogens is 220 g/mol. The molecule has 0 fully saturated rings. The van der Waals surface area contributed by atoms with E-state index in [1.54, 1.807) is 7.11 Å². The van der Waals surface area contributed by atoms with E-state index in [4.69, 9.17) is 4.74 Å². The predicted octanol–water partition coefficient (Wildman–Crippen LogP) is 0.446. The number of ether oxygens (including phenoxy) is 1. The summed E-state index contributed by atoms with van der Waals surface area (Å²) in [6.07, 6.45) is 0. The van der Waals surface area contributed by atoms with Crippen LogP contribution in [0.4, 0.5) is 4.79 Å². The van der Waals surface area contributed by atoms with Crippen molar-refractivity contribution in [2.75, 3.05) is 26.8 Å². The Hall–Kier alpha value is -1.56. The number of carbonyl (C=O) groups is 1. The van der Waals surface area contributed by atoms with Crippen molar-refractivity contribution >= 4 is 6.03 Å². The molecular formula is C11H20N4O2. The second-order valence-electron chi connectivity index (χ2n) is 3.83. The highest BCUT2D eigenvalue weighted by Gasteiger charge is 2.02. The lowest BCUT2D eigenvalue weighted by atomic mass is 10.4. The topological polar surface area (TPSA) is 68.2 Å². The Morgan fingerprint density at radius 3 is 2.71 bits per heavy atom. The number of hydrogen-bond acceptors (Lipinski definition) is 3. The molecule has 0 aliphatic rings. The first kappa shape index (κ1) is 13.5. The van der Waals surface area contributed by atoms with Crippen molar-refractivity contribution in [1.82, 2.24) is 20.4 Å². The Balaban J connectivity index is 2.19. The smallest absolute Gasteiger partial charge is 0.314 e. The van der Waals surface area contributed by atoms with Crippen molar-refractivity contribution in [2.24, 2.45) is 0 Å². The number of amides is 2. The molecule has 0 bridgehead atoms. The molecule has 6 nitrogen and oxygen atoms in total. The van der Waals surface area contributed by atoms with Gasteiger partial charge in [0.2, 0.25) is 0 Å². The van der Waals surface area contributed by atoms with Crippen LogP contribution in [-0.4, -0.2) is 42.6 Å². The van der Waals surface area contributed by atoms with E-state index < -0.39 is 0 Å². The van der Waals surface area contributed by atoms with Crippen LogP contribution in [0.15, 0.2) is 6.07 Å². The van der Waals surface area contributed by atoms with Crippen LogP contribution in [0.25, 0.3) is 0 Å². The molecule has 0 aliphatic carbocycles. The number of nitrogens with zero attached hydrogens (tertiary/aromatic N) is 2. The summed E-state index contributed by atoms with van der Waals surface area (Å²) in [7, 11) is 1.60. The van der Waals surface area contributed by atoms with E-state index in [1.807, 2.05) is 24.6 Å². The maximum absolute atomic E-state index is 11.3. The predicted molar refractivity (Wildman–Crippen MR) is 65.0 cm³/mol. The van der Waals surface area contributed by atoms with E-state index in [1.165, 1.54) is 0 Å². The summed E-state index contributed by atoms with van der Waals surface area (Å²) in [5, 5.41) is 9.75. The van der Waals surface area contributed by atoms with Gasteiger partial charge in [-0.05, 0) is 19.9 Å². The van der Waals surface area contributed by atoms with Crippen molar-refractivity contribution < 1.29 is 9.53 Å². The number of carbonyl (C=O) groups excluding carboxylic acids is 1. The zero-order chi connectivity index (χ0) is 12.7. The van der Waals surface area contributed by atoms with Crippen LogP contribution >= 0.6 is 0 Å². The maximum Gasteiger partial charge on any atom is 0.314 e. The molecule has 2 amide bonds. The largest absolute Gasteiger partial charge is 0.383 e. The van der Waals surface area contributed by atoms with Gasteiger partial charge in [-0.1, -0.05) is 0 Å². The van der Waals surface area contributed by atoms with Crippen LogP contribution in [0.5, 0.6) is 0 Å². The fourth-order valence-corrected chi connectivity index (χ4v) is 1.51. The Bertz CT molecular complexity index is 362. The van der Waals surface area contributed by atoms with Gasteiger partial charge < -0.3 is 15.4 Å². The third-order valence-corrected chi connectivity index (χ3v) is 2.30. The normalized spacial score (nSPS) is 10.3. The summed E-state index contributed by atoms with van der Waals surface area (Å²) < 4.78 is 6.71. The number of aromatic nitrogens is 2. The number of rotatable bonds is 6. The monoisotopic (exact) mass is 240 g/mol. The number of urea groups is 1. The summed E-state index contributed by atoms with van der Waals surface area (Å²) in [6, 6.07) is 1.84. The molecule has 0 spiro atoms. The standard InChI is InChI=1S/C11H20N4O2/c1-9-8-10(2)15(14-9)6-4-12-11(16)13-5-7-17-3/h8H,4-7H2,1-3H3,(H2,12,13,16). The van der Waals surface area contributed by atoms with E-state index in [0.29, 0.717) is 26.2 Å². The third-order valence-electron chi connectivity index (χ3n) is 2.30.